The molecule has 4 N–H and O–H groups in total. The van der Waals surface area contributed by atoms with Gasteiger partial charge in [-0.1, -0.05) is 36.2 Å². The molecular formula is C21H31N7O3S. The smallest absolute Gasteiger partial charge is 0.250 e. The quantitative estimate of drug-likeness (QED) is 0.453. The maximum atomic E-state index is 13.2. The summed E-state index contributed by atoms with van der Waals surface area (Å²) in [6, 6.07) is 0.363. The average molecular weight is 462 g/mol. The van der Waals surface area contributed by atoms with E-state index in [-0.39, 0.29) is 12.3 Å². The largest absolute Gasteiger partial charge is 0.390 e. The lowest BCUT2D eigenvalue weighted by Crippen LogP contribution is -2.56. The molecule has 3 saturated carbocycles. The van der Waals surface area contributed by atoms with Gasteiger partial charge in [-0.15, -0.1) is 5.10 Å². The summed E-state index contributed by atoms with van der Waals surface area (Å²) in [5.74, 6) is 0.244. The van der Waals surface area contributed by atoms with E-state index in [9.17, 15) is 15.0 Å². The molecule has 1 amide bonds. The SMILES string of the molecule is CCNC(=O)C1(n2nnc3c(NC4CC4)nc(SC4CCCCC4)nc32)CCC(O)C1O. The van der Waals surface area contributed by atoms with Crippen molar-refractivity contribution in [2.24, 2.45) is 0 Å². The Kier molecular flexibility index (Phi) is 5.98. The summed E-state index contributed by atoms with van der Waals surface area (Å²) >= 11 is 1.67. The number of thioether (sulfide) groups is 1. The first kappa shape index (κ1) is 21.8. The zero-order valence-corrected chi connectivity index (χ0v) is 19.1. The van der Waals surface area contributed by atoms with Crippen molar-refractivity contribution in [2.75, 3.05) is 11.9 Å². The first-order valence-corrected chi connectivity index (χ1v) is 12.6. The fraction of sp³-hybridized carbons (Fsp3) is 0.762. The maximum Gasteiger partial charge on any atom is 0.250 e. The van der Waals surface area contributed by atoms with E-state index >= 15 is 0 Å². The third kappa shape index (κ3) is 3.84. The van der Waals surface area contributed by atoms with Crippen LogP contribution in [0.4, 0.5) is 5.82 Å². The number of aromatic nitrogens is 5. The van der Waals surface area contributed by atoms with Crippen molar-refractivity contribution in [1.29, 1.82) is 0 Å². The molecule has 0 saturated heterocycles. The number of rotatable bonds is 7. The van der Waals surface area contributed by atoms with Crippen LogP contribution in [-0.4, -0.2) is 71.1 Å². The Morgan fingerprint density at radius 1 is 1.16 bits per heavy atom. The van der Waals surface area contributed by atoms with Gasteiger partial charge in [0.05, 0.1) is 6.10 Å². The van der Waals surface area contributed by atoms with Crippen molar-refractivity contribution in [1.82, 2.24) is 30.3 Å². The van der Waals surface area contributed by atoms with Crippen LogP contribution in [0.15, 0.2) is 5.16 Å². The Morgan fingerprint density at radius 2 is 1.94 bits per heavy atom. The molecule has 2 heterocycles. The van der Waals surface area contributed by atoms with Gasteiger partial charge >= 0.3 is 0 Å². The number of aliphatic hydroxyl groups excluding tert-OH is 2. The van der Waals surface area contributed by atoms with Crippen molar-refractivity contribution in [2.45, 2.75) is 98.9 Å². The Labute approximate surface area is 191 Å². The second-order valence-corrected chi connectivity index (χ2v) is 10.4. The summed E-state index contributed by atoms with van der Waals surface area (Å²) in [7, 11) is 0. The van der Waals surface area contributed by atoms with Crippen LogP contribution in [-0.2, 0) is 10.3 Å². The van der Waals surface area contributed by atoms with Crippen LogP contribution >= 0.6 is 11.8 Å². The van der Waals surface area contributed by atoms with Gasteiger partial charge in [0.15, 0.2) is 27.7 Å². The fourth-order valence-electron chi connectivity index (χ4n) is 4.85. The third-order valence-electron chi connectivity index (χ3n) is 6.81. The second kappa shape index (κ2) is 8.75. The molecule has 3 aliphatic carbocycles. The molecule has 0 aliphatic heterocycles. The molecule has 3 atom stereocenters. The zero-order valence-electron chi connectivity index (χ0n) is 18.3. The van der Waals surface area contributed by atoms with Crippen molar-refractivity contribution in [3.05, 3.63) is 0 Å². The van der Waals surface area contributed by atoms with Crippen LogP contribution in [0.5, 0.6) is 0 Å². The van der Waals surface area contributed by atoms with E-state index in [1.165, 1.54) is 23.9 Å². The highest BCUT2D eigenvalue weighted by atomic mass is 32.2. The molecule has 0 aromatic carbocycles. The van der Waals surface area contributed by atoms with Crippen molar-refractivity contribution < 1.29 is 15.0 Å². The molecule has 11 heteroatoms. The van der Waals surface area contributed by atoms with Gasteiger partial charge < -0.3 is 20.8 Å². The van der Waals surface area contributed by atoms with Crippen molar-refractivity contribution in [3.8, 4) is 0 Å². The summed E-state index contributed by atoms with van der Waals surface area (Å²) in [6.07, 6.45) is 6.39. The van der Waals surface area contributed by atoms with Gasteiger partial charge in [-0.05, 0) is 45.4 Å². The van der Waals surface area contributed by atoms with Gasteiger partial charge in [-0.25, -0.2) is 14.6 Å². The van der Waals surface area contributed by atoms with Gasteiger partial charge in [0, 0.05) is 17.8 Å². The predicted molar refractivity (Wildman–Crippen MR) is 120 cm³/mol. The molecule has 3 fully saturated rings. The highest BCUT2D eigenvalue weighted by Gasteiger charge is 2.56. The molecule has 0 radical (unpaired) electrons. The summed E-state index contributed by atoms with van der Waals surface area (Å²) in [5.41, 5.74) is -0.551. The maximum absolute atomic E-state index is 13.2. The number of nitrogens with zero attached hydrogens (tertiary/aromatic N) is 5. The number of anilines is 1. The van der Waals surface area contributed by atoms with Crippen LogP contribution in [0.25, 0.3) is 11.2 Å². The number of fused-ring (bicyclic) bond motifs is 1. The molecule has 2 aromatic heterocycles. The van der Waals surface area contributed by atoms with E-state index < -0.39 is 17.7 Å². The number of carbonyl (C=O) groups is 1. The van der Waals surface area contributed by atoms with Gasteiger partial charge in [0.1, 0.15) is 6.10 Å². The molecular weight excluding hydrogens is 430 g/mol. The van der Waals surface area contributed by atoms with Gasteiger partial charge in [-0.3, -0.25) is 4.79 Å². The number of carbonyl (C=O) groups excluding carboxylic acids is 1. The highest BCUT2D eigenvalue weighted by Crippen LogP contribution is 2.40. The summed E-state index contributed by atoms with van der Waals surface area (Å²) in [4.78, 5) is 22.8. The van der Waals surface area contributed by atoms with Crippen LogP contribution in [0, 0.1) is 0 Å². The van der Waals surface area contributed by atoms with Crippen molar-refractivity contribution in [3.63, 3.8) is 0 Å². The first-order valence-electron chi connectivity index (χ1n) is 11.7. The Balaban J connectivity index is 1.60. The second-order valence-electron chi connectivity index (χ2n) is 9.16. The lowest BCUT2D eigenvalue weighted by Gasteiger charge is -2.31. The summed E-state index contributed by atoms with van der Waals surface area (Å²) in [6.45, 7) is 2.23. The number of aliphatic hydroxyl groups is 2. The fourth-order valence-corrected chi connectivity index (χ4v) is 6.00. The minimum atomic E-state index is -1.46. The topological polar surface area (TPSA) is 138 Å². The zero-order chi connectivity index (χ0) is 22.3. The Morgan fingerprint density at radius 3 is 2.59 bits per heavy atom. The average Bonchev–Trinajstić information content (AvgIpc) is 3.42. The molecule has 174 valence electrons. The molecule has 0 bridgehead atoms. The molecule has 32 heavy (non-hydrogen) atoms. The molecule has 3 unspecified atom stereocenters. The van der Waals surface area contributed by atoms with E-state index in [0.717, 1.165) is 25.7 Å². The van der Waals surface area contributed by atoms with E-state index in [1.54, 1.807) is 11.8 Å². The third-order valence-corrected chi connectivity index (χ3v) is 8.00. The first-order chi connectivity index (χ1) is 15.5. The molecule has 3 aliphatic rings. The highest BCUT2D eigenvalue weighted by molar-refractivity contribution is 7.99. The lowest BCUT2D eigenvalue weighted by molar-refractivity contribution is -0.137. The monoisotopic (exact) mass is 461 g/mol. The van der Waals surface area contributed by atoms with E-state index in [4.69, 9.17) is 9.97 Å². The van der Waals surface area contributed by atoms with Crippen LogP contribution in [0.1, 0.15) is 64.7 Å². The van der Waals surface area contributed by atoms with Crippen LogP contribution in [0.3, 0.4) is 0 Å². The normalized spacial score (nSPS) is 28.8. The number of hydrogen-bond acceptors (Lipinski definition) is 9. The van der Waals surface area contributed by atoms with E-state index in [0.29, 0.717) is 46.4 Å². The van der Waals surface area contributed by atoms with E-state index in [1.807, 2.05) is 6.92 Å². The number of hydrogen-bond donors (Lipinski definition) is 4. The number of likely N-dealkylation sites (N-methyl/N-ethyl adjacent to an activating group) is 1. The van der Waals surface area contributed by atoms with Gasteiger partial charge in [0.25, 0.3) is 5.91 Å². The lowest BCUT2D eigenvalue weighted by atomic mass is 9.93. The van der Waals surface area contributed by atoms with E-state index in [2.05, 4.69) is 20.9 Å². The minimum Gasteiger partial charge on any atom is -0.390 e. The molecule has 5 rings (SSSR count). The van der Waals surface area contributed by atoms with Gasteiger partial charge in [0.2, 0.25) is 0 Å². The predicted octanol–water partition coefficient (Wildman–Crippen LogP) is 1.57. The number of nitrogens with one attached hydrogen (secondary N) is 2. The van der Waals surface area contributed by atoms with Crippen LogP contribution in [0.2, 0.25) is 0 Å². The molecule has 0 spiro atoms. The molecule has 2 aromatic rings. The Hall–Kier alpha value is -1.98. The number of amides is 1. The Bertz CT molecular complexity index is 991. The van der Waals surface area contributed by atoms with Gasteiger partial charge in [-0.2, -0.15) is 0 Å². The molecule has 10 nitrogen and oxygen atoms in total. The standard InChI is InChI=1S/C21H31N7O3S/c1-2-22-19(31)21(11-10-14(29)16(21)30)28-18-15(26-27-28)17(23-12-8-9-12)24-20(25-18)32-13-6-4-3-5-7-13/h12-14,16,29-30H,2-11H2,1H3,(H,22,31)(H,23,24,25). The van der Waals surface area contributed by atoms with Crippen LogP contribution < -0.4 is 10.6 Å². The summed E-state index contributed by atoms with van der Waals surface area (Å²) < 4.78 is 1.43. The van der Waals surface area contributed by atoms with Crippen molar-refractivity contribution >= 4 is 34.7 Å². The minimum absolute atomic E-state index is 0.250. The summed E-state index contributed by atoms with van der Waals surface area (Å²) in [5, 5.41) is 37.2.